The average Bonchev–Trinajstić information content (AvgIpc) is 2.92. The third-order valence-corrected chi connectivity index (χ3v) is 5.03. The van der Waals surface area contributed by atoms with Gasteiger partial charge in [-0.25, -0.2) is 0 Å². The molecule has 1 aromatic heterocycles. The van der Waals surface area contributed by atoms with Crippen LogP contribution in [0.5, 0.6) is 0 Å². The largest absolute Gasteiger partial charge is 0.360 e. The molecule has 24 heavy (non-hydrogen) atoms. The van der Waals surface area contributed by atoms with Crippen molar-refractivity contribution in [2.75, 3.05) is 24.2 Å². The molecule has 0 saturated carbocycles. The Morgan fingerprint density at radius 3 is 2.92 bits per heavy atom. The fourth-order valence-corrected chi connectivity index (χ4v) is 3.06. The van der Waals surface area contributed by atoms with Gasteiger partial charge < -0.3 is 20.5 Å². The molecular weight excluding hydrogens is 352 g/mol. The molecule has 3 unspecified atom stereocenters. The number of aryl methyl sites for hydroxylation is 1. The van der Waals surface area contributed by atoms with Gasteiger partial charge in [-0.15, -0.1) is 24.2 Å². The lowest BCUT2D eigenvalue weighted by atomic mass is 9.95. The first-order valence-electron chi connectivity index (χ1n) is 7.81. The molecule has 1 aliphatic rings. The number of rotatable bonds is 6. The zero-order valence-electron chi connectivity index (χ0n) is 14.1. The van der Waals surface area contributed by atoms with Gasteiger partial charge in [0, 0.05) is 18.7 Å². The van der Waals surface area contributed by atoms with Gasteiger partial charge in [-0.3, -0.25) is 9.59 Å². The van der Waals surface area contributed by atoms with Crippen molar-refractivity contribution in [2.24, 2.45) is 5.92 Å². The standard InChI is InChI=1S/C15H24N4O3S.ClH/c1-9-4-5-16-7-12(9)17-14(20)8-23-11(3)15(21)18-13-6-10(2)22-19-13;/h6,9,11-12,16H,4-5,7-8H2,1-3H3,(H,17,20)(H,18,19,21);1H. The van der Waals surface area contributed by atoms with Crippen molar-refractivity contribution in [1.82, 2.24) is 15.8 Å². The van der Waals surface area contributed by atoms with Crippen molar-refractivity contribution in [1.29, 1.82) is 0 Å². The van der Waals surface area contributed by atoms with Crippen LogP contribution in [0.2, 0.25) is 0 Å². The molecule has 1 aromatic rings. The number of anilines is 1. The van der Waals surface area contributed by atoms with Crippen molar-refractivity contribution in [3.63, 3.8) is 0 Å². The van der Waals surface area contributed by atoms with E-state index in [1.165, 1.54) is 11.8 Å². The van der Waals surface area contributed by atoms with Crippen LogP contribution in [-0.4, -0.2) is 47.1 Å². The number of piperidine rings is 1. The van der Waals surface area contributed by atoms with Crippen molar-refractivity contribution < 1.29 is 14.1 Å². The minimum atomic E-state index is -0.348. The second-order valence-electron chi connectivity index (χ2n) is 5.91. The summed E-state index contributed by atoms with van der Waals surface area (Å²) in [6, 6.07) is 1.82. The molecule has 3 atom stereocenters. The Balaban J connectivity index is 0.00000288. The van der Waals surface area contributed by atoms with Gasteiger partial charge in [0.15, 0.2) is 5.82 Å². The van der Waals surface area contributed by atoms with Crippen molar-refractivity contribution in [3.05, 3.63) is 11.8 Å². The van der Waals surface area contributed by atoms with Gasteiger partial charge >= 0.3 is 0 Å². The van der Waals surface area contributed by atoms with E-state index in [4.69, 9.17) is 4.52 Å². The molecule has 1 fully saturated rings. The molecule has 0 radical (unpaired) electrons. The second kappa shape index (κ2) is 9.90. The summed E-state index contributed by atoms with van der Waals surface area (Å²) >= 11 is 1.31. The first kappa shape index (κ1) is 20.8. The lowest BCUT2D eigenvalue weighted by Gasteiger charge is -2.30. The van der Waals surface area contributed by atoms with Crippen LogP contribution in [0.3, 0.4) is 0 Å². The maximum atomic E-state index is 12.0. The lowest BCUT2D eigenvalue weighted by Crippen LogP contribution is -2.50. The van der Waals surface area contributed by atoms with Crippen molar-refractivity contribution in [2.45, 2.75) is 38.5 Å². The summed E-state index contributed by atoms with van der Waals surface area (Å²) in [5.41, 5.74) is 0. The zero-order chi connectivity index (χ0) is 16.8. The Morgan fingerprint density at radius 2 is 2.29 bits per heavy atom. The van der Waals surface area contributed by atoms with Crippen LogP contribution in [0.1, 0.15) is 26.0 Å². The zero-order valence-corrected chi connectivity index (χ0v) is 15.8. The number of amides is 2. The highest BCUT2D eigenvalue weighted by Crippen LogP contribution is 2.15. The molecule has 2 heterocycles. The Hall–Kier alpha value is -1.25. The van der Waals surface area contributed by atoms with E-state index >= 15 is 0 Å². The van der Waals surface area contributed by atoms with Crippen molar-refractivity contribution in [3.8, 4) is 0 Å². The predicted molar refractivity (Wildman–Crippen MR) is 97.6 cm³/mol. The smallest absolute Gasteiger partial charge is 0.238 e. The highest BCUT2D eigenvalue weighted by molar-refractivity contribution is 8.01. The van der Waals surface area contributed by atoms with Gasteiger partial charge in [-0.05, 0) is 32.7 Å². The Morgan fingerprint density at radius 1 is 1.54 bits per heavy atom. The molecule has 0 aliphatic carbocycles. The van der Waals surface area contributed by atoms with Gasteiger partial charge in [-0.1, -0.05) is 12.1 Å². The number of aromatic nitrogens is 1. The van der Waals surface area contributed by atoms with E-state index in [1.807, 2.05) is 0 Å². The molecule has 0 aromatic carbocycles. The van der Waals surface area contributed by atoms with Crippen LogP contribution >= 0.6 is 24.2 Å². The highest BCUT2D eigenvalue weighted by atomic mass is 35.5. The lowest BCUT2D eigenvalue weighted by molar-refractivity contribution is -0.119. The van der Waals surface area contributed by atoms with Crippen LogP contribution in [-0.2, 0) is 9.59 Å². The van der Waals surface area contributed by atoms with Gasteiger partial charge in [0.2, 0.25) is 11.8 Å². The molecule has 9 heteroatoms. The van der Waals surface area contributed by atoms with Gasteiger partial charge in [0.1, 0.15) is 5.76 Å². The third kappa shape index (κ3) is 6.33. The van der Waals surface area contributed by atoms with E-state index in [9.17, 15) is 9.59 Å². The summed E-state index contributed by atoms with van der Waals surface area (Å²) in [6.07, 6.45) is 1.06. The van der Waals surface area contributed by atoms with E-state index in [0.717, 1.165) is 19.5 Å². The SMILES string of the molecule is Cc1cc(NC(=O)C(C)SCC(=O)NC2CNCCC2C)no1.Cl. The summed E-state index contributed by atoms with van der Waals surface area (Å²) in [6.45, 7) is 7.48. The molecule has 2 amide bonds. The molecule has 1 saturated heterocycles. The number of carbonyl (C=O) groups excluding carboxylic acids is 2. The number of thioether (sulfide) groups is 1. The summed E-state index contributed by atoms with van der Waals surface area (Å²) in [5, 5.41) is 12.4. The molecule has 7 nitrogen and oxygen atoms in total. The highest BCUT2D eigenvalue weighted by Gasteiger charge is 2.23. The van der Waals surface area contributed by atoms with E-state index in [-0.39, 0.29) is 41.3 Å². The molecule has 3 N–H and O–H groups in total. The molecule has 136 valence electrons. The number of nitrogens with zero attached hydrogens (tertiary/aromatic N) is 1. The number of carbonyl (C=O) groups is 2. The van der Waals surface area contributed by atoms with E-state index in [1.54, 1.807) is 19.9 Å². The van der Waals surface area contributed by atoms with Crippen molar-refractivity contribution >= 4 is 41.8 Å². The molecule has 1 aliphatic heterocycles. The van der Waals surface area contributed by atoms with Crippen LogP contribution in [0.15, 0.2) is 10.6 Å². The van der Waals surface area contributed by atoms with Crippen LogP contribution in [0.4, 0.5) is 5.82 Å². The topological polar surface area (TPSA) is 96.3 Å². The first-order valence-corrected chi connectivity index (χ1v) is 8.86. The van der Waals surface area contributed by atoms with E-state index in [0.29, 0.717) is 17.5 Å². The maximum Gasteiger partial charge on any atom is 0.238 e. The predicted octanol–water partition coefficient (Wildman–Crippen LogP) is 1.58. The summed E-state index contributed by atoms with van der Waals surface area (Å²) in [7, 11) is 0. The molecule has 2 rings (SSSR count). The fraction of sp³-hybridized carbons (Fsp3) is 0.667. The van der Waals surface area contributed by atoms with Gasteiger partial charge in [-0.2, -0.15) is 0 Å². The number of halogens is 1. The summed E-state index contributed by atoms with van der Waals surface area (Å²) in [4.78, 5) is 24.0. The quantitative estimate of drug-likeness (QED) is 0.697. The Kier molecular flexibility index (Phi) is 8.58. The summed E-state index contributed by atoms with van der Waals surface area (Å²) in [5.74, 6) is 1.54. The van der Waals surface area contributed by atoms with Gasteiger partial charge in [0.05, 0.1) is 11.0 Å². The minimum Gasteiger partial charge on any atom is -0.360 e. The molecule has 0 spiro atoms. The Labute approximate surface area is 152 Å². The maximum absolute atomic E-state index is 12.0. The minimum absolute atomic E-state index is 0. The summed E-state index contributed by atoms with van der Waals surface area (Å²) < 4.78 is 4.90. The second-order valence-corrected chi connectivity index (χ2v) is 7.24. The number of hydrogen-bond acceptors (Lipinski definition) is 6. The first-order chi connectivity index (χ1) is 11.0. The number of hydrogen-bond donors (Lipinski definition) is 3. The number of nitrogens with one attached hydrogen (secondary N) is 3. The fourth-order valence-electron chi connectivity index (χ4n) is 2.36. The third-order valence-electron chi connectivity index (χ3n) is 3.89. The van der Waals surface area contributed by atoms with Crippen LogP contribution in [0.25, 0.3) is 0 Å². The van der Waals surface area contributed by atoms with Crippen LogP contribution in [0, 0.1) is 12.8 Å². The van der Waals surface area contributed by atoms with Crippen LogP contribution < -0.4 is 16.0 Å². The monoisotopic (exact) mass is 376 g/mol. The van der Waals surface area contributed by atoms with E-state index in [2.05, 4.69) is 28.0 Å². The molecule has 0 bridgehead atoms. The van der Waals surface area contributed by atoms with Gasteiger partial charge in [0.25, 0.3) is 0 Å². The Bertz CT molecular complexity index is 555. The average molecular weight is 377 g/mol. The van der Waals surface area contributed by atoms with E-state index < -0.39 is 0 Å². The normalized spacial score (nSPS) is 21.5. The molecular formula is C15H25ClN4O3S.